The molecule has 0 spiro atoms. The number of ketones is 1. The number of carbonyl (C=O) groups excluding carboxylic acids is 4. The SMILES string of the molecule is CCCCCCC(=O)OC(=O)CCC1CC(=O)CC1OC(C)=O. The average molecular weight is 326 g/mol. The molecule has 6 nitrogen and oxygen atoms in total. The van der Waals surface area contributed by atoms with Gasteiger partial charge in [0.25, 0.3) is 0 Å². The summed E-state index contributed by atoms with van der Waals surface area (Å²) >= 11 is 0. The molecule has 6 heteroatoms. The van der Waals surface area contributed by atoms with Crippen molar-refractivity contribution in [2.24, 2.45) is 5.92 Å². The fraction of sp³-hybridized carbons (Fsp3) is 0.765. The van der Waals surface area contributed by atoms with E-state index < -0.39 is 24.0 Å². The number of Topliss-reactive ketones (excluding diaryl/α,β-unsaturated/α-hetero) is 1. The molecule has 0 saturated heterocycles. The molecule has 2 atom stereocenters. The molecule has 2 unspecified atom stereocenters. The average Bonchev–Trinajstić information content (AvgIpc) is 2.80. The minimum Gasteiger partial charge on any atom is -0.462 e. The van der Waals surface area contributed by atoms with Crippen LogP contribution >= 0.6 is 0 Å². The molecular formula is C17H26O6. The first-order valence-electron chi connectivity index (χ1n) is 8.34. The zero-order chi connectivity index (χ0) is 17.2. The molecule has 1 aliphatic carbocycles. The van der Waals surface area contributed by atoms with Crippen LogP contribution in [0.3, 0.4) is 0 Å². The van der Waals surface area contributed by atoms with Gasteiger partial charge in [-0.25, -0.2) is 0 Å². The van der Waals surface area contributed by atoms with Gasteiger partial charge in [0.2, 0.25) is 0 Å². The Hall–Kier alpha value is -1.72. The molecule has 0 heterocycles. The molecule has 130 valence electrons. The molecule has 1 aliphatic rings. The van der Waals surface area contributed by atoms with Crippen molar-refractivity contribution in [3.63, 3.8) is 0 Å². The Labute approximate surface area is 136 Å². The third-order valence-electron chi connectivity index (χ3n) is 3.94. The van der Waals surface area contributed by atoms with Crippen LogP contribution in [0.4, 0.5) is 0 Å². The molecule has 0 aliphatic heterocycles. The van der Waals surface area contributed by atoms with Crippen molar-refractivity contribution in [1.29, 1.82) is 0 Å². The lowest BCUT2D eigenvalue weighted by atomic mass is 9.99. The zero-order valence-corrected chi connectivity index (χ0v) is 14.0. The number of carbonyl (C=O) groups is 4. The number of rotatable bonds is 9. The molecule has 1 fully saturated rings. The number of esters is 3. The Morgan fingerprint density at radius 1 is 1.04 bits per heavy atom. The molecule has 0 aromatic carbocycles. The Morgan fingerprint density at radius 2 is 1.74 bits per heavy atom. The van der Waals surface area contributed by atoms with E-state index in [2.05, 4.69) is 6.92 Å². The van der Waals surface area contributed by atoms with Gasteiger partial charge in [0.15, 0.2) is 0 Å². The van der Waals surface area contributed by atoms with Gasteiger partial charge in [0.1, 0.15) is 11.9 Å². The Morgan fingerprint density at radius 3 is 2.39 bits per heavy atom. The smallest absolute Gasteiger partial charge is 0.313 e. The third-order valence-corrected chi connectivity index (χ3v) is 3.94. The molecular weight excluding hydrogens is 300 g/mol. The first kappa shape index (κ1) is 19.3. The van der Waals surface area contributed by atoms with Crippen LogP contribution in [-0.2, 0) is 28.7 Å². The lowest BCUT2D eigenvalue weighted by Crippen LogP contribution is -2.22. The van der Waals surface area contributed by atoms with Crippen molar-refractivity contribution in [3.05, 3.63) is 0 Å². The molecule has 0 N–H and O–H groups in total. The minimum atomic E-state index is -0.577. The predicted molar refractivity (Wildman–Crippen MR) is 82.4 cm³/mol. The second-order valence-electron chi connectivity index (χ2n) is 6.05. The summed E-state index contributed by atoms with van der Waals surface area (Å²) in [5.41, 5.74) is 0. The highest BCUT2D eigenvalue weighted by Crippen LogP contribution is 2.29. The van der Waals surface area contributed by atoms with Crippen LogP contribution in [0.1, 0.15) is 71.6 Å². The van der Waals surface area contributed by atoms with E-state index in [0.29, 0.717) is 12.8 Å². The molecule has 1 saturated carbocycles. The molecule has 0 aromatic heterocycles. The van der Waals surface area contributed by atoms with E-state index in [9.17, 15) is 19.2 Å². The summed E-state index contributed by atoms with van der Waals surface area (Å²) in [7, 11) is 0. The van der Waals surface area contributed by atoms with Crippen molar-refractivity contribution < 1.29 is 28.7 Å². The molecule has 0 amide bonds. The highest BCUT2D eigenvalue weighted by Gasteiger charge is 2.35. The van der Waals surface area contributed by atoms with E-state index in [4.69, 9.17) is 9.47 Å². The summed E-state index contributed by atoms with van der Waals surface area (Å²) in [5, 5.41) is 0. The quantitative estimate of drug-likeness (QED) is 0.368. The Kier molecular flexibility index (Phi) is 8.51. The number of unbranched alkanes of at least 4 members (excludes halogenated alkanes) is 3. The van der Waals surface area contributed by atoms with Gasteiger partial charge in [-0.05, 0) is 12.8 Å². The lowest BCUT2D eigenvalue weighted by molar-refractivity contribution is -0.160. The van der Waals surface area contributed by atoms with Crippen LogP contribution in [0.15, 0.2) is 0 Å². The molecule has 23 heavy (non-hydrogen) atoms. The van der Waals surface area contributed by atoms with Gasteiger partial charge in [-0.1, -0.05) is 26.2 Å². The van der Waals surface area contributed by atoms with E-state index in [0.717, 1.165) is 25.7 Å². The van der Waals surface area contributed by atoms with E-state index >= 15 is 0 Å². The topological polar surface area (TPSA) is 86.7 Å². The third kappa shape index (κ3) is 7.90. The van der Waals surface area contributed by atoms with E-state index in [1.165, 1.54) is 6.92 Å². The van der Waals surface area contributed by atoms with Crippen LogP contribution in [0.5, 0.6) is 0 Å². The zero-order valence-electron chi connectivity index (χ0n) is 14.0. The maximum absolute atomic E-state index is 11.7. The summed E-state index contributed by atoms with van der Waals surface area (Å²) in [4.78, 5) is 45.7. The number of ether oxygens (including phenoxy) is 2. The maximum Gasteiger partial charge on any atom is 0.313 e. The Bertz CT molecular complexity index is 442. The summed E-state index contributed by atoms with van der Waals surface area (Å²) < 4.78 is 9.87. The monoisotopic (exact) mass is 326 g/mol. The van der Waals surface area contributed by atoms with Crippen molar-refractivity contribution in [1.82, 2.24) is 0 Å². The van der Waals surface area contributed by atoms with Crippen LogP contribution in [0.2, 0.25) is 0 Å². The van der Waals surface area contributed by atoms with Gasteiger partial charge in [0.05, 0.1) is 0 Å². The van der Waals surface area contributed by atoms with E-state index in [1.807, 2.05) is 0 Å². The second kappa shape index (κ2) is 10.1. The van der Waals surface area contributed by atoms with E-state index in [-0.39, 0.29) is 31.0 Å². The van der Waals surface area contributed by atoms with Gasteiger partial charge < -0.3 is 9.47 Å². The van der Waals surface area contributed by atoms with Crippen LogP contribution in [0, 0.1) is 5.92 Å². The van der Waals surface area contributed by atoms with E-state index in [1.54, 1.807) is 0 Å². The molecule has 0 bridgehead atoms. The lowest BCUT2D eigenvalue weighted by Gasteiger charge is -2.17. The molecule has 0 aromatic rings. The largest absolute Gasteiger partial charge is 0.462 e. The van der Waals surface area contributed by atoms with Gasteiger partial charge in [-0.2, -0.15) is 0 Å². The van der Waals surface area contributed by atoms with Crippen LogP contribution in [0.25, 0.3) is 0 Å². The fourth-order valence-corrected chi connectivity index (χ4v) is 2.77. The van der Waals surface area contributed by atoms with Gasteiger partial charge in [0, 0.05) is 38.5 Å². The first-order chi connectivity index (χ1) is 10.9. The highest BCUT2D eigenvalue weighted by atomic mass is 16.6. The molecule has 1 rings (SSSR count). The Balaban J connectivity index is 2.27. The summed E-state index contributed by atoms with van der Waals surface area (Å²) in [6.45, 7) is 3.38. The van der Waals surface area contributed by atoms with Gasteiger partial charge in [-0.3, -0.25) is 19.2 Å². The van der Waals surface area contributed by atoms with Crippen molar-refractivity contribution >= 4 is 23.7 Å². The first-order valence-corrected chi connectivity index (χ1v) is 8.34. The normalized spacial score (nSPS) is 20.3. The predicted octanol–water partition coefficient (Wildman–Crippen LogP) is 2.72. The number of hydrogen-bond donors (Lipinski definition) is 0. The molecule has 0 radical (unpaired) electrons. The maximum atomic E-state index is 11.7. The highest BCUT2D eigenvalue weighted by molar-refractivity contribution is 5.85. The van der Waals surface area contributed by atoms with Crippen molar-refractivity contribution in [2.75, 3.05) is 0 Å². The van der Waals surface area contributed by atoms with Crippen LogP contribution < -0.4 is 0 Å². The minimum absolute atomic E-state index is 0.0293. The standard InChI is InChI=1S/C17H26O6/c1-3-4-5-6-7-16(20)23-17(21)9-8-13-10-14(19)11-15(13)22-12(2)18/h13,15H,3-11H2,1-2H3. The van der Waals surface area contributed by atoms with Crippen LogP contribution in [-0.4, -0.2) is 29.8 Å². The van der Waals surface area contributed by atoms with Crippen molar-refractivity contribution in [2.45, 2.75) is 77.7 Å². The fourth-order valence-electron chi connectivity index (χ4n) is 2.77. The summed E-state index contributed by atoms with van der Waals surface area (Å²) in [5.74, 6) is -1.64. The number of hydrogen-bond acceptors (Lipinski definition) is 6. The summed E-state index contributed by atoms with van der Waals surface area (Å²) in [6.07, 6.45) is 4.56. The van der Waals surface area contributed by atoms with Crippen molar-refractivity contribution in [3.8, 4) is 0 Å². The summed E-state index contributed by atoms with van der Waals surface area (Å²) in [6, 6.07) is 0. The van der Waals surface area contributed by atoms with Gasteiger partial charge >= 0.3 is 17.9 Å². The van der Waals surface area contributed by atoms with Gasteiger partial charge in [-0.15, -0.1) is 0 Å². The second-order valence-corrected chi connectivity index (χ2v) is 6.05.